The topological polar surface area (TPSA) is 0 Å². The fourth-order valence-corrected chi connectivity index (χ4v) is 2.85. The summed E-state index contributed by atoms with van der Waals surface area (Å²) in [7, 11) is 0. The summed E-state index contributed by atoms with van der Waals surface area (Å²) in [5.41, 5.74) is 2.12. The van der Waals surface area contributed by atoms with Crippen molar-refractivity contribution in [3.8, 4) is 0 Å². The molecule has 0 heterocycles. The Kier molecular flexibility index (Phi) is 3.82. The van der Waals surface area contributed by atoms with E-state index in [1.165, 1.54) is 50.5 Å². The minimum atomic E-state index is 0.635. The molecule has 0 amide bonds. The minimum absolute atomic E-state index is 0.635. The summed E-state index contributed by atoms with van der Waals surface area (Å²) >= 11 is 0. The van der Waals surface area contributed by atoms with E-state index in [-0.39, 0.29) is 0 Å². The summed E-state index contributed by atoms with van der Waals surface area (Å²) in [6, 6.07) is 10.8. The SMILES string of the molecule is C=CCC1(CCCc2ccccc2)CCC1. The first-order valence-electron chi connectivity index (χ1n) is 6.49. The molecule has 0 spiro atoms. The molecule has 0 unspecified atom stereocenters. The average molecular weight is 214 g/mol. The van der Waals surface area contributed by atoms with Gasteiger partial charge in [-0.25, -0.2) is 0 Å². The molecule has 0 nitrogen and oxygen atoms in total. The molecule has 0 atom stereocenters. The van der Waals surface area contributed by atoms with E-state index in [2.05, 4.69) is 43.0 Å². The van der Waals surface area contributed by atoms with E-state index in [1.807, 2.05) is 0 Å². The van der Waals surface area contributed by atoms with E-state index < -0.39 is 0 Å². The molecule has 0 N–H and O–H groups in total. The lowest BCUT2D eigenvalue weighted by Crippen LogP contribution is -2.28. The first kappa shape index (κ1) is 11.4. The van der Waals surface area contributed by atoms with Crippen LogP contribution in [-0.2, 0) is 6.42 Å². The minimum Gasteiger partial charge on any atom is -0.103 e. The first-order chi connectivity index (χ1) is 7.85. The standard InChI is InChI=1S/C16H22/c1-2-11-16(13-7-14-16)12-6-10-15-8-4-3-5-9-15/h2-5,8-9H,1,6-7,10-14H2. The van der Waals surface area contributed by atoms with Crippen molar-refractivity contribution in [3.05, 3.63) is 48.6 Å². The Balaban J connectivity index is 1.77. The third-order valence-electron chi connectivity index (χ3n) is 4.01. The van der Waals surface area contributed by atoms with Crippen molar-refractivity contribution < 1.29 is 0 Å². The van der Waals surface area contributed by atoms with E-state index in [1.54, 1.807) is 0 Å². The summed E-state index contributed by atoms with van der Waals surface area (Å²) in [5.74, 6) is 0. The predicted octanol–water partition coefficient (Wildman–Crippen LogP) is 4.76. The van der Waals surface area contributed by atoms with Gasteiger partial charge in [-0.1, -0.05) is 42.8 Å². The third-order valence-corrected chi connectivity index (χ3v) is 4.01. The van der Waals surface area contributed by atoms with Crippen molar-refractivity contribution in [2.75, 3.05) is 0 Å². The highest BCUT2D eigenvalue weighted by atomic mass is 14.4. The Bertz CT molecular complexity index is 319. The van der Waals surface area contributed by atoms with Crippen molar-refractivity contribution in [1.82, 2.24) is 0 Å². The van der Waals surface area contributed by atoms with Crippen molar-refractivity contribution in [1.29, 1.82) is 0 Å². The summed E-state index contributed by atoms with van der Waals surface area (Å²) in [5, 5.41) is 0. The van der Waals surface area contributed by atoms with E-state index in [9.17, 15) is 0 Å². The highest BCUT2D eigenvalue weighted by Gasteiger charge is 2.34. The Labute approximate surface area is 99.4 Å². The molecular formula is C16H22. The molecule has 0 heteroatoms. The van der Waals surface area contributed by atoms with Crippen LogP contribution in [0.5, 0.6) is 0 Å². The van der Waals surface area contributed by atoms with Crippen LogP contribution in [0.15, 0.2) is 43.0 Å². The molecule has 0 aromatic heterocycles. The summed E-state index contributed by atoms with van der Waals surface area (Å²) in [6.45, 7) is 3.89. The van der Waals surface area contributed by atoms with Crippen LogP contribution in [0.3, 0.4) is 0 Å². The normalized spacial score (nSPS) is 17.8. The van der Waals surface area contributed by atoms with Crippen LogP contribution >= 0.6 is 0 Å². The Morgan fingerprint density at radius 3 is 2.50 bits per heavy atom. The van der Waals surface area contributed by atoms with Crippen molar-refractivity contribution in [3.63, 3.8) is 0 Å². The summed E-state index contributed by atoms with van der Waals surface area (Å²) < 4.78 is 0. The van der Waals surface area contributed by atoms with E-state index >= 15 is 0 Å². The molecule has 1 saturated carbocycles. The number of allylic oxidation sites excluding steroid dienone is 1. The van der Waals surface area contributed by atoms with Crippen LogP contribution in [0.1, 0.15) is 44.1 Å². The Hall–Kier alpha value is -1.04. The van der Waals surface area contributed by atoms with Gasteiger partial charge in [0.1, 0.15) is 0 Å². The molecular weight excluding hydrogens is 192 g/mol. The molecule has 0 bridgehead atoms. The van der Waals surface area contributed by atoms with Crippen molar-refractivity contribution in [2.45, 2.75) is 44.9 Å². The lowest BCUT2D eigenvalue weighted by molar-refractivity contribution is 0.120. The molecule has 1 fully saturated rings. The number of benzene rings is 1. The summed E-state index contributed by atoms with van der Waals surface area (Å²) in [6.07, 6.45) is 11.6. The fourth-order valence-electron chi connectivity index (χ4n) is 2.85. The lowest BCUT2D eigenvalue weighted by atomic mass is 9.64. The highest BCUT2D eigenvalue weighted by Crippen LogP contribution is 2.47. The van der Waals surface area contributed by atoms with Gasteiger partial charge in [-0.15, -0.1) is 6.58 Å². The Morgan fingerprint density at radius 1 is 1.19 bits per heavy atom. The van der Waals surface area contributed by atoms with E-state index in [4.69, 9.17) is 0 Å². The van der Waals surface area contributed by atoms with Gasteiger partial charge < -0.3 is 0 Å². The molecule has 1 aromatic rings. The zero-order valence-electron chi connectivity index (χ0n) is 10.1. The second-order valence-corrected chi connectivity index (χ2v) is 5.19. The van der Waals surface area contributed by atoms with Crippen molar-refractivity contribution >= 4 is 0 Å². The van der Waals surface area contributed by atoms with Crippen LogP contribution in [-0.4, -0.2) is 0 Å². The molecule has 0 radical (unpaired) electrons. The molecule has 0 aliphatic heterocycles. The van der Waals surface area contributed by atoms with Crippen LogP contribution in [0, 0.1) is 5.41 Å². The Morgan fingerprint density at radius 2 is 1.94 bits per heavy atom. The predicted molar refractivity (Wildman–Crippen MR) is 70.5 cm³/mol. The largest absolute Gasteiger partial charge is 0.103 e. The molecule has 1 aromatic carbocycles. The van der Waals surface area contributed by atoms with E-state index in [0.29, 0.717) is 5.41 Å². The summed E-state index contributed by atoms with van der Waals surface area (Å²) in [4.78, 5) is 0. The maximum Gasteiger partial charge on any atom is -0.0263 e. The number of hydrogen-bond donors (Lipinski definition) is 0. The third kappa shape index (κ3) is 2.75. The van der Waals surface area contributed by atoms with Gasteiger partial charge in [0.25, 0.3) is 0 Å². The number of hydrogen-bond acceptors (Lipinski definition) is 0. The van der Waals surface area contributed by atoms with Crippen LogP contribution < -0.4 is 0 Å². The zero-order valence-corrected chi connectivity index (χ0v) is 10.1. The van der Waals surface area contributed by atoms with Crippen LogP contribution in [0.4, 0.5) is 0 Å². The quantitative estimate of drug-likeness (QED) is 0.599. The van der Waals surface area contributed by atoms with Gasteiger partial charge in [0, 0.05) is 0 Å². The highest BCUT2D eigenvalue weighted by molar-refractivity contribution is 5.14. The second kappa shape index (κ2) is 5.34. The lowest BCUT2D eigenvalue weighted by Gasteiger charge is -2.41. The second-order valence-electron chi connectivity index (χ2n) is 5.19. The van der Waals surface area contributed by atoms with Crippen molar-refractivity contribution in [2.24, 2.45) is 5.41 Å². The molecule has 86 valence electrons. The van der Waals surface area contributed by atoms with E-state index in [0.717, 1.165) is 0 Å². The van der Waals surface area contributed by atoms with Gasteiger partial charge in [0.2, 0.25) is 0 Å². The van der Waals surface area contributed by atoms with Gasteiger partial charge in [-0.2, -0.15) is 0 Å². The van der Waals surface area contributed by atoms with Gasteiger partial charge in [0.05, 0.1) is 0 Å². The fraction of sp³-hybridized carbons (Fsp3) is 0.500. The zero-order chi connectivity index (χ0) is 11.3. The first-order valence-corrected chi connectivity index (χ1v) is 6.49. The smallest absolute Gasteiger partial charge is 0.0263 e. The molecule has 2 rings (SSSR count). The molecule has 0 saturated heterocycles. The van der Waals surface area contributed by atoms with Gasteiger partial charge in [-0.05, 0) is 49.5 Å². The number of aryl methyl sites for hydroxylation is 1. The average Bonchev–Trinajstić information content (AvgIpc) is 2.27. The van der Waals surface area contributed by atoms with Gasteiger partial charge in [0.15, 0.2) is 0 Å². The monoisotopic (exact) mass is 214 g/mol. The maximum absolute atomic E-state index is 3.89. The molecule has 1 aliphatic carbocycles. The van der Waals surface area contributed by atoms with Gasteiger partial charge >= 0.3 is 0 Å². The molecule has 1 aliphatic rings. The van der Waals surface area contributed by atoms with Crippen LogP contribution in [0.2, 0.25) is 0 Å². The number of rotatable bonds is 6. The van der Waals surface area contributed by atoms with Crippen LogP contribution in [0.25, 0.3) is 0 Å². The van der Waals surface area contributed by atoms with Gasteiger partial charge in [-0.3, -0.25) is 0 Å². The molecule has 16 heavy (non-hydrogen) atoms. The maximum atomic E-state index is 3.89.